The molecular weight excluding hydrogens is 455 g/mol. The van der Waals surface area contributed by atoms with E-state index in [2.05, 4.69) is 29.3 Å². The molecule has 152 valence electrons. The molecule has 0 radical (unpaired) electrons. The van der Waals surface area contributed by atoms with Crippen LogP contribution in [0.2, 0.25) is 0 Å². The molecule has 3 N–H and O–H groups in total. The fraction of sp³-hybridized carbons (Fsp3) is 0.600. The van der Waals surface area contributed by atoms with Gasteiger partial charge in [0.1, 0.15) is 5.75 Å². The summed E-state index contributed by atoms with van der Waals surface area (Å²) in [5.74, 6) is 1.97. The van der Waals surface area contributed by atoms with Crippen LogP contribution >= 0.6 is 24.0 Å². The van der Waals surface area contributed by atoms with Crippen LogP contribution in [0.3, 0.4) is 0 Å². The molecule has 0 spiro atoms. The number of halogens is 1. The first-order valence-electron chi connectivity index (χ1n) is 9.56. The third-order valence-corrected chi connectivity index (χ3v) is 4.69. The third-order valence-electron chi connectivity index (χ3n) is 4.69. The van der Waals surface area contributed by atoms with Crippen molar-refractivity contribution in [1.29, 1.82) is 0 Å². The van der Waals surface area contributed by atoms with Crippen molar-refractivity contribution >= 4 is 35.8 Å². The van der Waals surface area contributed by atoms with Gasteiger partial charge in [-0.25, -0.2) is 0 Å². The summed E-state index contributed by atoms with van der Waals surface area (Å²) in [7, 11) is 1.68. The first kappa shape index (κ1) is 23.5. The van der Waals surface area contributed by atoms with Crippen LogP contribution in [0.25, 0.3) is 0 Å². The number of guanidine groups is 1. The maximum atomic E-state index is 11.2. The molecule has 0 aliphatic carbocycles. The van der Waals surface area contributed by atoms with E-state index in [0.29, 0.717) is 12.3 Å². The number of aryl methyl sites for hydroxylation is 1. The topological polar surface area (TPSA) is 80.0 Å². The minimum atomic E-state index is -0.210. The molecule has 1 unspecified atom stereocenters. The first-order valence-corrected chi connectivity index (χ1v) is 9.56. The maximum Gasteiger partial charge on any atom is 0.217 e. The highest BCUT2D eigenvalue weighted by atomic mass is 127. The molecule has 0 aromatic heterocycles. The zero-order valence-corrected chi connectivity index (χ0v) is 18.8. The smallest absolute Gasteiger partial charge is 0.217 e. The Kier molecular flexibility index (Phi) is 11.2. The van der Waals surface area contributed by atoms with E-state index in [1.165, 1.54) is 5.56 Å². The van der Waals surface area contributed by atoms with Crippen molar-refractivity contribution < 1.29 is 9.53 Å². The Labute approximate surface area is 179 Å². The Balaban J connectivity index is 0.00000364. The second kappa shape index (κ2) is 12.8. The largest absolute Gasteiger partial charge is 0.497 e. The number of nitrogens with two attached hydrogens (primary N) is 1. The Morgan fingerprint density at radius 2 is 2.11 bits per heavy atom. The quantitative estimate of drug-likeness (QED) is 0.255. The summed E-state index contributed by atoms with van der Waals surface area (Å²) in [6, 6.07) is 8.20. The molecule has 1 saturated heterocycles. The average molecular weight is 488 g/mol. The predicted molar refractivity (Wildman–Crippen MR) is 121 cm³/mol. The number of ether oxygens (including phenoxy) is 1. The summed E-state index contributed by atoms with van der Waals surface area (Å²) in [4.78, 5) is 18.3. The molecule has 1 aromatic carbocycles. The van der Waals surface area contributed by atoms with E-state index in [4.69, 9.17) is 15.5 Å². The van der Waals surface area contributed by atoms with Crippen molar-refractivity contribution in [3.05, 3.63) is 29.8 Å². The molecule has 27 heavy (non-hydrogen) atoms. The number of amides is 1. The lowest BCUT2D eigenvalue weighted by Gasteiger charge is -2.34. The molecule has 1 fully saturated rings. The second-order valence-corrected chi connectivity index (χ2v) is 6.81. The van der Waals surface area contributed by atoms with Crippen molar-refractivity contribution in [3.63, 3.8) is 0 Å². The van der Waals surface area contributed by atoms with E-state index in [-0.39, 0.29) is 29.9 Å². The number of carbonyl (C=O) groups is 1. The Bertz CT molecular complexity index is 592. The molecule has 0 bridgehead atoms. The van der Waals surface area contributed by atoms with Gasteiger partial charge in [-0.05, 0) is 56.2 Å². The van der Waals surface area contributed by atoms with Crippen molar-refractivity contribution in [2.75, 3.05) is 33.3 Å². The number of aliphatic imine (C=N–C) groups is 1. The van der Waals surface area contributed by atoms with Gasteiger partial charge in [0.25, 0.3) is 0 Å². The molecule has 1 aromatic rings. The number of hydrogen-bond donors (Lipinski definition) is 2. The van der Waals surface area contributed by atoms with Gasteiger partial charge in [0.05, 0.1) is 7.11 Å². The standard InChI is InChI=1S/C20H32N4O2.HI/c1-3-22-20(24-13-5-7-17(15-24)14-19(21)25)23-12-4-6-16-8-10-18(26-2)11-9-16;/h8-11,17H,3-7,12-15H2,1-2H3,(H2,21,25)(H,22,23);1H. The third kappa shape index (κ3) is 8.36. The number of rotatable bonds is 8. The highest BCUT2D eigenvalue weighted by Crippen LogP contribution is 2.19. The van der Waals surface area contributed by atoms with Crippen LogP contribution in [0.1, 0.15) is 38.2 Å². The molecule has 1 aliphatic heterocycles. The SMILES string of the molecule is CCNC(=NCCCc1ccc(OC)cc1)N1CCCC(CC(N)=O)C1.I. The number of primary amides is 1. The lowest BCUT2D eigenvalue weighted by atomic mass is 9.95. The molecule has 1 heterocycles. The van der Waals surface area contributed by atoms with Crippen LogP contribution in [0.4, 0.5) is 0 Å². The van der Waals surface area contributed by atoms with Gasteiger partial charge in [0.2, 0.25) is 5.91 Å². The van der Waals surface area contributed by atoms with Crippen molar-refractivity contribution in [1.82, 2.24) is 10.2 Å². The van der Waals surface area contributed by atoms with Crippen LogP contribution in [0.5, 0.6) is 5.75 Å². The monoisotopic (exact) mass is 488 g/mol. The summed E-state index contributed by atoms with van der Waals surface area (Å²) in [6.07, 6.45) is 4.61. The number of piperidine rings is 1. The van der Waals surface area contributed by atoms with Gasteiger partial charge in [-0.15, -0.1) is 24.0 Å². The molecule has 0 saturated carbocycles. The van der Waals surface area contributed by atoms with Crippen molar-refractivity contribution in [3.8, 4) is 5.75 Å². The number of hydrogen-bond acceptors (Lipinski definition) is 3. The van der Waals surface area contributed by atoms with E-state index < -0.39 is 0 Å². The summed E-state index contributed by atoms with van der Waals surface area (Å²) in [6.45, 7) is 5.55. The molecule has 1 atom stereocenters. The Morgan fingerprint density at radius 3 is 2.74 bits per heavy atom. The highest BCUT2D eigenvalue weighted by molar-refractivity contribution is 14.0. The molecule has 2 rings (SSSR count). The van der Waals surface area contributed by atoms with Gasteiger partial charge < -0.3 is 20.7 Å². The van der Waals surface area contributed by atoms with Gasteiger partial charge in [-0.1, -0.05) is 12.1 Å². The number of nitrogens with one attached hydrogen (secondary N) is 1. The van der Waals surface area contributed by atoms with Gasteiger partial charge in [0, 0.05) is 32.6 Å². The zero-order valence-electron chi connectivity index (χ0n) is 16.4. The van der Waals surface area contributed by atoms with Crippen LogP contribution in [0, 0.1) is 5.92 Å². The van der Waals surface area contributed by atoms with Gasteiger partial charge in [0.15, 0.2) is 5.96 Å². The normalized spacial score (nSPS) is 17.2. The van der Waals surface area contributed by atoms with Crippen molar-refractivity contribution in [2.45, 2.75) is 39.0 Å². The zero-order chi connectivity index (χ0) is 18.8. The second-order valence-electron chi connectivity index (χ2n) is 6.81. The minimum absolute atomic E-state index is 0. The molecule has 1 amide bonds. The van der Waals surface area contributed by atoms with Gasteiger partial charge in [-0.3, -0.25) is 9.79 Å². The van der Waals surface area contributed by atoms with Gasteiger partial charge >= 0.3 is 0 Å². The molecule has 7 heteroatoms. The van der Waals surface area contributed by atoms with E-state index in [9.17, 15) is 4.79 Å². The number of nitrogens with zero attached hydrogens (tertiary/aromatic N) is 2. The summed E-state index contributed by atoms with van der Waals surface area (Å²) < 4.78 is 5.19. The van der Waals surface area contributed by atoms with Crippen LogP contribution in [-0.2, 0) is 11.2 Å². The molecule has 6 nitrogen and oxygen atoms in total. The summed E-state index contributed by atoms with van der Waals surface area (Å²) in [5.41, 5.74) is 6.66. The summed E-state index contributed by atoms with van der Waals surface area (Å²) in [5, 5.41) is 3.38. The Morgan fingerprint density at radius 1 is 1.37 bits per heavy atom. The fourth-order valence-corrected chi connectivity index (χ4v) is 3.39. The van der Waals surface area contributed by atoms with Crippen LogP contribution < -0.4 is 15.8 Å². The molecular formula is C20H33IN4O2. The lowest BCUT2D eigenvalue weighted by Crippen LogP contribution is -2.47. The van der Waals surface area contributed by atoms with E-state index in [1.54, 1.807) is 7.11 Å². The van der Waals surface area contributed by atoms with E-state index >= 15 is 0 Å². The average Bonchev–Trinajstić information content (AvgIpc) is 2.64. The number of benzene rings is 1. The number of likely N-dealkylation sites (tertiary alicyclic amines) is 1. The van der Waals surface area contributed by atoms with Crippen LogP contribution in [0.15, 0.2) is 29.3 Å². The van der Waals surface area contributed by atoms with Crippen LogP contribution in [-0.4, -0.2) is 50.1 Å². The summed E-state index contributed by atoms with van der Waals surface area (Å²) >= 11 is 0. The maximum absolute atomic E-state index is 11.2. The number of methoxy groups -OCH3 is 1. The first-order chi connectivity index (χ1) is 12.6. The van der Waals surface area contributed by atoms with Crippen molar-refractivity contribution in [2.24, 2.45) is 16.6 Å². The fourth-order valence-electron chi connectivity index (χ4n) is 3.39. The Hall–Kier alpha value is -1.51. The predicted octanol–water partition coefficient (Wildman–Crippen LogP) is 2.80. The molecule has 1 aliphatic rings. The highest BCUT2D eigenvalue weighted by Gasteiger charge is 2.23. The minimum Gasteiger partial charge on any atom is -0.497 e. The van der Waals surface area contributed by atoms with E-state index in [0.717, 1.165) is 63.6 Å². The lowest BCUT2D eigenvalue weighted by molar-refractivity contribution is -0.119. The number of carbonyl (C=O) groups excluding carboxylic acids is 1. The van der Waals surface area contributed by atoms with E-state index in [1.807, 2.05) is 12.1 Å². The van der Waals surface area contributed by atoms with Gasteiger partial charge in [-0.2, -0.15) is 0 Å².